The number of rotatable bonds is 8. The van der Waals surface area contributed by atoms with Crippen LogP contribution in [0.25, 0.3) is 17.0 Å². The van der Waals surface area contributed by atoms with Crippen molar-refractivity contribution in [2.24, 2.45) is 0 Å². The number of alkyl halides is 3. The summed E-state index contributed by atoms with van der Waals surface area (Å²) in [5.41, 5.74) is 0.487. The number of hydrogen-bond acceptors (Lipinski definition) is 5. The molecule has 0 bridgehead atoms. The Morgan fingerprint density at radius 1 is 1.00 bits per heavy atom. The lowest BCUT2D eigenvalue weighted by Gasteiger charge is -2.13. The monoisotopic (exact) mass is 572 g/mol. The molecule has 42 heavy (non-hydrogen) atoms. The molecular formula is C32H24F4N4O2. The summed E-state index contributed by atoms with van der Waals surface area (Å²) in [7, 11) is 0. The molecule has 0 spiro atoms. The Hall–Kier alpha value is -5.14. The fourth-order valence-electron chi connectivity index (χ4n) is 3.69. The molecule has 0 aliphatic heterocycles. The van der Waals surface area contributed by atoms with Gasteiger partial charge in [-0.05, 0) is 67.6 Å². The standard InChI is InChI=1S/C32H24F4N4O2/c1-21-7-5-10-27(37-21)20-42-18-4-3-11-28(32(34,35)36)22(2)29-38-30(40-31(41)39-29)25-16-14-23(15-17-25)12-13-24-8-6-9-26(33)19-24/h3-11,14-17,19H,2,18,20H2,1H3,(H,38,39,40,41)/b4-3-,28-11+. The molecular weight excluding hydrogens is 548 g/mol. The second kappa shape index (κ2) is 13.5. The minimum Gasteiger partial charge on any atom is -0.371 e. The fraction of sp³-hybridized carbons (Fsp3) is 0.125. The van der Waals surface area contributed by atoms with E-state index in [4.69, 9.17) is 4.74 Å². The van der Waals surface area contributed by atoms with Crippen LogP contribution in [0.15, 0.2) is 102 Å². The minimum atomic E-state index is -4.78. The number of nitrogens with zero attached hydrogens (tertiary/aromatic N) is 3. The molecule has 2 aromatic heterocycles. The van der Waals surface area contributed by atoms with Crippen molar-refractivity contribution in [2.45, 2.75) is 19.7 Å². The number of ether oxygens (including phenoxy) is 1. The third-order valence-electron chi connectivity index (χ3n) is 5.69. The molecule has 2 aromatic carbocycles. The zero-order chi connectivity index (χ0) is 30.1. The van der Waals surface area contributed by atoms with E-state index in [2.05, 4.69) is 38.4 Å². The summed E-state index contributed by atoms with van der Waals surface area (Å²) in [5.74, 6) is 4.87. The highest BCUT2D eigenvalue weighted by atomic mass is 19.4. The van der Waals surface area contributed by atoms with E-state index in [-0.39, 0.29) is 24.9 Å². The van der Waals surface area contributed by atoms with Crippen LogP contribution in [0.3, 0.4) is 0 Å². The van der Waals surface area contributed by atoms with Gasteiger partial charge in [-0.15, -0.1) is 0 Å². The fourth-order valence-corrected chi connectivity index (χ4v) is 3.69. The molecule has 2 heterocycles. The summed E-state index contributed by atoms with van der Waals surface area (Å²) >= 11 is 0. The van der Waals surface area contributed by atoms with Crippen LogP contribution >= 0.6 is 0 Å². The van der Waals surface area contributed by atoms with Crippen LogP contribution in [0, 0.1) is 24.6 Å². The number of H-pyrrole nitrogens is 1. The van der Waals surface area contributed by atoms with E-state index in [1.165, 1.54) is 24.3 Å². The molecule has 212 valence electrons. The average molecular weight is 573 g/mol. The highest BCUT2D eigenvalue weighted by molar-refractivity contribution is 5.76. The normalized spacial score (nSPS) is 11.8. The van der Waals surface area contributed by atoms with Crippen LogP contribution in [0.4, 0.5) is 17.6 Å². The molecule has 0 atom stereocenters. The van der Waals surface area contributed by atoms with Crippen LogP contribution in [-0.2, 0) is 11.3 Å². The maximum atomic E-state index is 13.9. The number of allylic oxidation sites excluding steroid dienone is 4. The third-order valence-corrected chi connectivity index (χ3v) is 5.69. The molecule has 0 radical (unpaired) electrons. The van der Waals surface area contributed by atoms with Crippen molar-refractivity contribution < 1.29 is 22.3 Å². The van der Waals surface area contributed by atoms with Gasteiger partial charge in [0, 0.05) is 28.0 Å². The summed E-state index contributed by atoms with van der Waals surface area (Å²) in [5, 5.41) is 0. The number of hydrogen-bond donors (Lipinski definition) is 1. The van der Waals surface area contributed by atoms with Crippen molar-refractivity contribution in [2.75, 3.05) is 6.61 Å². The smallest absolute Gasteiger partial charge is 0.371 e. The second-order valence-corrected chi connectivity index (χ2v) is 8.93. The van der Waals surface area contributed by atoms with Gasteiger partial charge in [-0.2, -0.15) is 18.2 Å². The molecule has 4 aromatic rings. The van der Waals surface area contributed by atoms with Gasteiger partial charge in [0.05, 0.1) is 24.5 Å². The molecule has 0 aliphatic carbocycles. The SMILES string of the molecule is C=C(/C(=C\C=C/COCc1cccc(C)n1)C(F)(F)F)c1nc(-c2ccc(C#Cc3cccc(F)c3)cc2)nc(=O)[nH]1. The molecule has 0 fully saturated rings. The van der Waals surface area contributed by atoms with Crippen LogP contribution in [0.5, 0.6) is 0 Å². The maximum Gasteiger partial charge on any atom is 0.417 e. The molecule has 0 amide bonds. The number of nitrogens with one attached hydrogen (secondary N) is 1. The first-order valence-corrected chi connectivity index (χ1v) is 12.6. The van der Waals surface area contributed by atoms with E-state index in [0.717, 1.165) is 11.8 Å². The topological polar surface area (TPSA) is 80.8 Å². The first-order chi connectivity index (χ1) is 20.1. The lowest BCUT2D eigenvalue weighted by atomic mass is 10.1. The van der Waals surface area contributed by atoms with Gasteiger partial charge in [0.25, 0.3) is 0 Å². The lowest BCUT2D eigenvalue weighted by Crippen LogP contribution is -2.19. The predicted octanol–water partition coefficient (Wildman–Crippen LogP) is 6.35. The Morgan fingerprint density at radius 3 is 2.45 bits per heavy atom. The summed E-state index contributed by atoms with van der Waals surface area (Å²) in [6, 6.07) is 17.7. The van der Waals surface area contributed by atoms with Crippen LogP contribution in [-0.4, -0.2) is 32.7 Å². The first kappa shape index (κ1) is 29.8. The van der Waals surface area contributed by atoms with Gasteiger partial charge in [0.15, 0.2) is 5.82 Å². The van der Waals surface area contributed by atoms with E-state index >= 15 is 0 Å². The number of halogens is 4. The van der Waals surface area contributed by atoms with E-state index < -0.39 is 28.8 Å². The van der Waals surface area contributed by atoms with Gasteiger partial charge >= 0.3 is 11.9 Å². The van der Waals surface area contributed by atoms with Crippen LogP contribution in [0.2, 0.25) is 0 Å². The quantitative estimate of drug-likeness (QED) is 0.115. The van der Waals surface area contributed by atoms with Crippen LogP contribution in [0.1, 0.15) is 28.3 Å². The Kier molecular flexibility index (Phi) is 9.57. The Morgan fingerprint density at radius 2 is 1.74 bits per heavy atom. The maximum absolute atomic E-state index is 13.9. The summed E-state index contributed by atoms with van der Waals surface area (Å²) < 4.78 is 60.5. The number of benzene rings is 2. The first-order valence-electron chi connectivity index (χ1n) is 12.6. The second-order valence-electron chi connectivity index (χ2n) is 8.93. The largest absolute Gasteiger partial charge is 0.417 e. The van der Waals surface area contributed by atoms with Gasteiger partial charge < -0.3 is 4.74 Å². The van der Waals surface area contributed by atoms with E-state index in [9.17, 15) is 22.4 Å². The van der Waals surface area contributed by atoms with E-state index in [1.54, 1.807) is 42.5 Å². The van der Waals surface area contributed by atoms with Gasteiger partial charge in [0.2, 0.25) is 0 Å². The third kappa shape index (κ3) is 8.43. The Balaban J connectivity index is 1.49. The Labute approximate surface area is 239 Å². The summed E-state index contributed by atoms with van der Waals surface area (Å²) in [4.78, 5) is 26.7. The lowest BCUT2D eigenvalue weighted by molar-refractivity contribution is -0.0871. The van der Waals surface area contributed by atoms with Gasteiger partial charge in [0.1, 0.15) is 11.6 Å². The van der Waals surface area contributed by atoms with Crippen molar-refractivity contribution >= 4 is 5.57 Å². The van der Waals surface area contributed by atoms with Crippen molar-refractivity contribution in [1.82, 2.24) is 19.9 Å². The number of aryl methyl sites for hydroxylation is 1. The predicted molar refractivity (Wildman–Crippen MR) is 151 cm³/mol. The summed E-state index contributed by atoms with van der Waals surface area (Å²) in [6.07, 6.45) is -1.33. The van der Waals surface area contributed by atoms with E-state index in [1.807, 2.05) is 19.1 Å². The highest BCUT2D eigenvalue weighted by Gasteiger charge is 2.36. The number of aromatic amines is 1. The molecule has 6 nitrogen and oxygen atoms in total. The van der Waals surface area contributed by atoms with E-state index in [0.29, 0.717) is 22.4 Å². The molecule has 0 saturated carbocycles. The molecule has 0 aliphatic rings. The van der Waals surface area contributed by atoms with Gasteiger partial charge in [-0.25, -0.2) is 14.2 Å². The molecule has 0 saturated heterocycles. The zero-order valence-electron chi connectivity index (χ0n) is 22.4. The molecule has 4 rings (SSSR count). The molecule has 0 unspecified atom stereocenters. The molecule has 1 N–H and O–H groups in total. The van der Waals surface area contributed by atoms with Crippen LogP contribution < -0.4 is 5.69 Å². The molecule has 10 heteroatoms. The number of aromatic nitrogens is 4. The average Bonchev–Trinajstić information content (AvgIpc) is 2.95. The minimum absolute atomic E-state index is 0.0564. The van der Waals surface area contributed by atoms with Crippen molar-refractivity contribution in [1.29, 1.82) is 0 Å². The van der Waals surface area contributed by atoms with Crippen molar-refractivity contribution in [3.8, 4) is 23.2 Å². The van der Waals surface area contributed by atoms with Gasteiger partial charge in [-0.3, -0.25) is 9.97 Å². The number of pyridine rings is 1. The zero-order valence-corrected chi connectivity index (χ0v) is 22.4. The van der Waals surface area contributed by atoms with Crippen molar-refractivity contribution in [3.05, 3.63) is 142 Å². The van der Waals surface area contributed by atoms with Crippen molar-refractivity contribution in [3.63, 3.8) is 0 Å². The summed E-state index contributed by atoms with van der Waals surface area (Å²) in [6.45, 7) is 5.65. The van der Waals surface area contributed by atoms with Gasteiger partial charge in [-0.1, -0.05) is 42.7 Å². The Bertz CT molecular complexity index is 1760. The highest BCUT2D eigenvalue weighted by Crippen LogP contribution is 2.34.